The topological polar surface area (TPSA) is 97.9 Å². The first kappa shape index (κ1) is 18.9. The minimum atomic E-state index is -0.472. The Morgan fingerprint density at radius 3 is 2.31 bits per heavy atom. The molecule has 29 heavy (non-hydrogen) atoms. The number of aromatic nitrogens is 2. The molecule has 4 aromatic rings. The second-order valence-corrected chi connectivity index (χ2v) is 7.63. The van der Waals surface area contributed by atoms with E-state index in [0.29, 0.717) is 16.6 Å². The van der Waals surface area contributed by atoms with Gasteiger partial charge in [0.1, 0.15) is 4.83 Å². The smallest absolute Gasteiger partial charge is 0.329 e. The largest absolute Gasteiger partial charge is 0.370 e. The number of H-pyrrole nitrogens is 1. The molecule has 2 aromatic carbocycles. The molecule has 0 radical (unpaired) electrons. The van der Waals surface area contributed by atoms with E-state index in [1.165, 1.54) is 11.3 Å². The van der Waals surface area contributed by atoms with Gasteiger partial charge in [-0.15, -0.1) is 11.3 Å². The lowest BCUT2D eigenvalue weighted by atomic mass is 10.0. The Labute approximate surface area is 170 Å². The fourth-order valence-corrected chi connectivity index (χ4v) is 4.30. The van der Waals surface area contributed by atoms with Crippen LogP contribution in [0.1, 0.15) is 12.8 Å². The Morgan fingerprint density at radius 1 is 0.966 bits per heavy atom. The van der Waals surface area contributed by atoms with E-state index < -0.39 is 11.6 Å². The van der Waals surface area contributed by atoms with Crippen LogP contribution in [0.4, 0.5) is 0 Å². The predicted molar refractivity (Wildman–Crippen MR) is 116 cm³/mol. The van der Waals surface area contributed by atoms with E-state index in [1.54, 1.807) is 0 Å². The van der Waals surface area contributed by atoms with Crippen LogP contribution in [0.3, 0.4) is 0 Å². The molecule has 7 heteroatoms. The van der Waals surface area contributed by atoms with Gasteiger partial charge < -0.3 is 5.73 Å². The SMILES string of the molecule is NC(=O)CCCn1c(=O)[nH]c2scc(-c3ccc(-c4ccccc4)cc3)c2c1=O. The number of thiophene rings is 1. The van der Waals surface area contributed by atoms with E-state index in [1.807, 2.05) is 60.0 Å². The molecule has 3 N–H and O–H groups in total. The molecule has 0 atom stereocenters. The number of amides is 1. The second-order valence-electron chi connectivity index (χ2n) is 6.75. The Kier molecular flexibility index (Phi) is 5.14. The van der Waals surface area contributed by atoms with Gasteiger partial charge in [0.15, 0.2) is 0 Å². The van der Waals surface area contributed by atoms with Gasteiger partial charge in [-0.1, -0.05) is 54.6 Å². The number of carbonyl (C=O) groups excluding carboxylic acids is 1. The van der Waals surface area contributed by atoms with Crippen LogP contribution in [0, 0.1) is 0 Å². The zero-order valence-corrected chi connectivity index (χ0v) is 16.4. The fraction of sp³-hybridized carbons (Fsp3) is 0.136. The molecule has 0 unspecified atom stereocenters. The van der Waals surface area contributed by atoms with Gasteiger partial charge in [-0.3, -0.25) is 19.1 Å². The number of nitrogens with two attached hydrogens (primary N) is 1. The van der Waals surface area contributed by atoms with Crippen molar-refractivity contribution in [3.63, 3.8) is 0 Å². The molecule has 1 amide bonds. The molecule has 0 saturated carbocycles. The number of aromatic amines is 1. The second kappa shape index (κ2) is 7.89. The lowest BCUT2D eigenvalue weighted by Crippen LogP contribution is -2.35. The Bertz CT molecular complexity index is 1290. The number of primary amides is 1. The van der Waals surface area contributed by atoms with Crippen molar-refractivity contribution in [3.05, 3.63) is 80.8 Å². The molecule has 4 rings (SSSR count). The van der Waals surface area contributed by atoms with Crippen molar-refractivity contribution < 1.29 is 4.79 Å². The van der Waals surface area contributed by atoms with E-state index in [0.717, 1.165) is 26.8 Å². The van der Waals surface area contributed by atoms with Crippen LogP contribution in [-0.4, -0.2) is 15.5 Å². The lowest BCUT2D eigenvalue weighted by molar-refractivity contribution is -0.118. The number of fused-ring (bicyclic) bond motifs is 1. The molecule has 0 aliphatic carbocycles. The Hall–Kier alpha value is -3.45. The maximum absolute atomic E-state index is 13.0. The third kappa shape index (κ3) is 3.77. The molecular weight excluding hydrogens is 386 g/mol. The monoisotopic (exact) mass is 405 g/mol. The fourth-order valence-electron chi connectivity index (χ4n) is 3.35. The zero-order valence-electron chi connectivity index (χ0n) is 15.6. The molecule has 0 spiro atoms. The van der Waals surface area contributed by atoms with Gasteiger partial charge in [0, 0.05) is 23.9 Å². The number of hydrogen-bond donors (Lipinski definition) is 2. The van der Waals surface area contributed by atoms with Gasteiger partial charge in [-0.2, -0.15) is 0 Å². The van der Waals surface area contributed by atoms with Crippen LogP contribution in [0.2, 0.25) is 0 Å². The third-order valence-corrected chi connectivity index (χ3v) is 5.72. The molecule has 0 fully saturated rings. The minimum absolute atomic E-state index is 0.126. The highest BCUT2D eigenvalue weighted by Gasteiger charge is 2.15. The van der Waals surface area contributed by atoms with Crippen LogP contribution >= 0.6 is 11.3 Å². The highest BCUT2D eigenvalue weighted by atomic mass is 32.1. The van der Waals surface area contributed by atoms with E-state index >= 15 is 0 Å². The van der Waals surface area contributed by atoms with Crippen LogP contribution in [0.15, 0.2) is 69.6 Å². The van der Waals surface area contributed by atoms with E-state index in [4.69, 9.17) is 5.73 Å². The van der Waals surface area contributed by atoms with Crippen molar-refractivity contribution in [2.75, 3.05) is 0 Å². The van der Waals surface area contributed by atoms with Crippen LogP contribution in [0.5, 0.6) is 0 Å². The number of nitrogens with zero attached hydrogens (tertiary/aromatic N) is 1. The first-order valence-corrected chi connectivity index (χ1v) is 10.1. The summed E-state index contributed by atoms with van der Waals surface area (Å²) in [6.45, 7) is 0.148. The minimum Gasteiger partial charge on any atom is -0.370 e. The summed E-state index contributed by atoms with van der Waals surface area (Å²) >= 11 is 1.33. The molecule has 146 valence electrons. The summed E-state index contributed by atoms with van der Waals surface area (Å²) in [6.07, 6.45) is 0.469. The number of rotatable bonds is 6. The summed E-state index contributed by atoms with van der Waals surface area (Å²) in [4.78, 5) is 39.6. The number of benzene rings is 2. The summed E-state index contributed by atoms with van der Waals surface area (Å²) in [7, 11) is 0. The summed E-state index contributed by atoms with van der Waals surface area (Å²) in [6, 6.07) is 18.0. The summed E-state index contributed by atoms with van der Waals surface area (Å²) < 4.78 is 1.14. The van der Waals surface area contributed by atoms with Gasteiger partial charge in [0.25, 0.3) is 5.56 Å². The molecule has 0 saturated heterocycles. The third-order valence-electron chi connectivity index (χ3n) is 4.82. The van der Waals surface area contributed by atoms with E-state index in [-0.39, 0.29) is 18.5 Å². The maximum atomic E-state index is 13.0. The van der Waals surface area contributed by atoms with Crippen molar-refractivity contribution in [1.82, 2.24) is 9.55 Å². The van der Waals surface area contributed by atoms with E-state index in [2.05, 4.69) is 4.98 Å². The number of hydrogen-bond acceptors (Lipinski definition) is 4. The molecule has 0 bridgehead atoms. The van der Waals surface area contributed by atoms with Gasteiger partial charge in [-0.25, -0.2) is 4.79 Å². The van der Waals surface area contributed by atoms with Crippen LogP contribution in [0.25, 0.3) is 32.5 Å². The van der Waals surface area contributed by atoms with Crippen molar-refractivity contribution in [2.45, 2.75) is 19.4 Å². The molecule has 0 aliphatic heterocycles. The van der Waals surface area contributed by atoms with Gasteiger partial charge in [-0.05, 0) is 23.1 Å². The Morgan fingerprint density at radius 2 is 1.62 bits per heavy atom. The summed E-state index contributed by atoms with van der Waals surface area (Å²) in [5, 5.41) is 2.37. The van der Waals surface area contributed by atoms with Gasteiger partial charge >= 0.3 is 5.69 Å². The number of carbonyl (C=O) groups is 1. The highest BCUT2D eigenvalue weighted by Crippen LogP contribution is 2.31. The summed E-state index contributed by atoms with van der Waals surface area (Å²) in [5.41, 5.74) is 8.23. The van der Waals surface area contributed by atoms with Crippen molar-refractivity contribution >= 4 is 27.5 Å². The maximum Gasteiger partial charge on any atom is 0.329 e. The highest BCUT2D eigenvalue weighted by molar-refractivity contribution is 7.17. The standard InChI is InChI=1S/C22H19N3O3S/c23-18(26)7-4-12-25-21(27)19-17(13-29-20(19)24-22(25)28)16-10-8-15(9-11-16)14-5-2-1-3-6-14/h1-3,5-6,8-11,13H,4,7,12H2,(H2,23,26)(H,24,28). The van der Waals surface area contributed by atoms with Crippen molar-refractivity contribution in [2.24, 2.45) is 5.73 Å². The van der Waals surface area contributed by atoms with Crippen molar-refractivity contribution in [1.29, 1.82) is 0 Å². The average Bonchev–Trinajstić information content (AvgIpc) is 3.15. The van der Waals surface area contributed by atoms with E-state index in [9.17, 15) is 14.4 Å². The number of nitrogens with one attached hydrogen (secondary N) is 1. The summed E-state index contributed by atoms with van der Waals surface area (Å²) in [5.74, 6) is -0.453. The first-order valence-electron chi connectivity index (χ1n) is 9.23. The van der Waals surface area contributed by atoms with Crippen LogP contribution < -0.4 is 17.0 Å². The zero-order chi connectivity index (χ0) is 20.4. The average molecular weight is 405 g/mol. The molecule has 2 aromatic heterocycles. The molecule has 6 nitrogen and oxygen atoms in total. The lowest BCUT2D eigenvalue weighted by Gasteiger charge is -2.06. The van der Waals surface area contributed by atoms with Crippen LogP contribution in [-0.2, 0) is 11.3 Å². The molecular formula is C22H19N3O3S. The first-order chi connectivity index (χ1) is 14.0. The molecule has 0 aliphatic rings. The predicted octanol–water partition coefficient (Wildman–Crippen LogP) is 3.35. The van der Waals surface area contributed by atoms with Gasteiger partial charge in [0.2, 0.25) is 5.91 Å². The van der Waals surface area contributed by atoms with Gasteiger partial charge in [0.05, 0.1) is 5.39 Å². The normalized spacial score (nSPS) is 11.0. The van der Waals surface area contributed by atoms with Crippen molar-refractivity contribution in [3.8, 4) is 22.3 Å². The Balaban J connectivity index is 1.74. The quantitative estimate of drug-likeness (QED) is 0.515. The molecule has 2 heterocycles.